The Morgan fingerprint density at radius 1 is 1.11 bits per heavy atom. The van der Waals surface area contributed by atoms with Crippen molar-refractivity contribution in [2.45, 2.75) is 85.2 Å². The third kappa shape index (κ3) is 2.67. The van der Waals surface area contributed by atoms with Crippen molar-refractivity contribution in [3.63, 3.8) is 0 Å². The Morgan fingerprint density at radius 3 is 2.56 bits per heavy atom. The number of ether oxygens (including phenoxy) is 1. The van der Waals surface area contributed by atoms with Gasteiger partial charge in [0.15, 0.2) is 0 Å². The molecule has 7 atom stereocenters. The summed E-state index contributed by atoms with van der Waals surface area (Å²) in [6.07, 6.45) is 11.1. The molecule has 152 valence electrons. The lowest BCUT2D eigenvalue weighted by Gasteiger charge is -2.61. The Bertz CT molecular complexity index is 650. The van der Waals surface area contributed by atoms with Crippen LogP contribution in [0.3, 0.4) is 0 Å². The molecule has 1 N–H and O–H groups in total. The van der Waals surface area contributed by atoms with Crippen molar-refractivity contribution in [1.29, 1.82) is 0 Å². The van der Waals surface area contributed by atoms with Gasteiger partial charge in [0.1, 0.15) is 0 Å². The molecule has 3 saturated carbocycles. The lowest BCUT2D eigenvalue weighted by Crippen LogP contribution is -2.54. The zero-order valence-electron chi connectivity index (χ0n) is 17.9. The standard InChI is InChI=1S/C24H38O3/c1-22(2)19-9-7-16-17-8-6-15(14-21(26)27-5)23(17,3)12-10-18(16)24(19,4)13-11-20(22)25/h9,15-18,20,25H,6-8,10-14H2,1-5H3/t15-,16+,17+,18+,20+,23-,24-/m1/s1. The number of hydrogen-bond acceptors (Lipinski definition) is 3. The molecule has 3 nitrogen and oxygen atoms in total. The smallest absolute Gasteiger partial charge is 0.305 e. The molecular formula is C24H38O3. The summed E-state index contributed by atoms with van der Waals surface area (Å²) < 4.78 is 4.99. The van der Waals surface area contributed by atoms with Crippen LogP contribution < -0.4 is 0 Å². The highest BCUT2D eigenvalue weighted by molar-refractivity contribution is 5.69. The van der Waals surface area contributed by atoms with Crippen molar-refractivity contribution in [1.82, 2.24) is 0 Å². The number of hydrogen-bond donors (Lipinski definition) is 1. The summed E-state index contributed by atoms with van der Waals surface area (Å²) >= 11 is 0. The molecule has 3 fully saturated rings. The van der Waals surface area contributed by atoms with E-state index in [1.807, 2.05) is 0 Å². The van der Waals surface area contributed by atoms with Gasteiger partial charge in [-0.25, -0.2) is 0 Å². The minimum absolute atomic E-state index is 0.0372. The van der Waals surface area contributed by atoms with E-state index in [-0.39, 0.29) is 22.9 Å². The van der Waals surface area contributed by atoms with E-state index in [2.05, 4.69) is 33.8 Å². The highest BCUT2D eigenvalue weighted by Gasteiger charge is 2.60. The van der Waals surface area contributed by atoms with Crippen LogP contribution in [0.25, 0.3) is 0 Å². The average Bonchev–Trinajstić information content (AvgIpc) is 2.95. The van der Waals surface area contributed by atoms with Gasteiger partial charge in [0.25, 0.3) is 0 Å². The Hall–Kier alpha value is -0.830. The molecular weight excluding hydrogens is 336 g/mol. The third-order valence-electron chi connectivity index (χ3n) is 9.77. The zero-order chi connectivity index (χ0) is 19.6. The Labute approximate surface area is 164 Å². The van der Waals surface area contributed by atoms with Crippen LogP contribution in [0.1, 0.15) is 79.1 Å². The van der Waals surface area contributed by atoms with Crippen molar-refractivity contribution in [2.75, 3.05) is 7.11 Å². The first kappa shape index (κ1) is 19.5. The average molecular weight is 375 g/mol. The summed E-state index contributed by atoms with van der Waals surface area (Å²) in [5, 5.41) is 10.6. The molecule has 4 rings (SSSR count). The largest absolute Gasteiger partial charge is 0.469 e. The maximum Gasteiger partial charge on any atom is 0.305 e. The maximum absolute atomic E-state index is 12.0. The van der Waals surface area contributed by atoms with Crippen molar-refractivity contribution < 1.29 is 14.6 Å². The number of allylic oxidation sites excluding steroid dienone is 1. The fraction of sp³-hybridized carbons (Fsp3) is 0.875. The summed E-state index contributed by atoms with van der Waals surface area (Å²) in [4.78, 5) is 12.0. The highest BCUT2D eigenvalue weighted by atomic mass is 16.5. The number of carbonyl (C=O) groups is 1. The summed E-state index contributed by atoms with van der Waals surface area (Å²) in [6, 6.07) is 0. The van der Waals surface area contributed by atoms with E-state index in [0.717, 1.165) is 37.0 Å². The van der Waals surface area contributed by atoms with Gasteiger partial charge in [0.05, 0.1) is 13.2 Å². The molecule has 27 heavy (non-hydrogen) atoms. The predicted octanol–water partition coefficient (Wildman–Crippen LogP) is 5.13. The second-order valence-corrected chi connectivity index (χ2v) is 11.0. The van der Waals surface area contributed by atoms with Gasteiger partial charge in [-0.1, -0.05) is 39.3 Å². The Morgan fingerprint density at radius 2 is 1.85 bits per heavy atom. The first-order chi connectivity index (χ1) is 12.6. The fourth-order valence-electron chi connectivity index (χ4n) is 8.12. The minimum atomic E-state index is -0.210. The molecule has 0 aliphatic heterocycles. The number of aliphatic hydroxyl groups excluding tert-OH is 1. The molecule has 4 aliphatic carbocycles. The van der Waals surface area contributed by atoms with Crippen molar-refractivity contribution in [2.24, 2.45) is 39.9 Å². The van der Waals surface area contributed by atoms with Crippen LogP contribution in [0.4, 0.5) is 0 Å². The van der Waals surface area contributed by atoms with E-state index >= 15 is 0 Å². The normalized spacial score (nSPS) is 48.1. The molecule has 0 saturated heterocycles. The number of methoxy groups -OCH3 is 1. The molecule has 0 amide bonds. The number of aliphatic hydroxyl groups is 1. The minimum Gasteiger partial charge on any atom is -0.469 e. The number of carbonyl (C=O) groups excluding carboxylic acids is 1. The van der Waals surface area contributed by atoms with Crippen molar-refractivity contribution in [3.05, 3.63) is 11.6 Å². The van der Waals surface area contributed by atoms with Gasteiger partial charge in [-0.15, -0.1) is 0 Å². The fourth-order valence-corrected chi connectivity index (χ4v) is 8.12. The summed E-state index contributed by atoms with van der Waals surface area (Å²) in [5.41, 5.74) is 1.97. The molecule has 0 spiro atoms. The summed E-state index contributed by atoms with van der Waals surface area (Å²) in [7, 11) is 1.52. The molecule has 4 aliphatic rings. The van der Waals surface area contributed by atoms with Gasteiger partial charge in [-0.3, -0.25) is 4.79 Å². The number of rotatable bonds is 2. The number of esters is 1. The highest BCUT2D eigenvalue weighted by Crippen LogP contribution is 2.68. The van der Waals surface area contributed by atoms with Crippen LogP contribution in [0.15, 0.2) is 11.6 Å². The van der Waals surface area contributed by atoms with E-state index in [0.29, 0.717) is 17.8 Å². The van der Waals surface area contributed by atoms with E-state index in [9.17, 15) is 9.90 Å². The van der Waals surface area contributed by atoms with E-state index in [1.54, 1.807) is 0 Å². The predicted molar refractivity (Wildman–Crippen MR) is 107 cm³/mol. The molecule has 0 unspecified atom stereocenters. The van der Waals surface area contributed by atoms with Crippen LogP contribution in [-0.2, 0) is 9.53 Å². The zero-order valence-corrected chi connectivity index (χ0v) is 17.9. The molecule has 0 radical (unpaired) electrons. The monoisotopic (exact) mass is 374 g/mol. The second-order valence-electron chi connectivity index (χ2n) is 11.0. The summed E-state index contributed by atoms with van der Waals surface area (Å²) in [5.74, 6) is 2.66. The lowest BCUT2D eigenvalue weighted by molar-refractivity contribution is -0.143. The molecule has 0 aromatic rings. The van der Waals surface area contributed by atoms with Crippen molar-refractivity contribution >= 4 is 5.97 Å². The Balaban J connectivity index is 1.63. The Kier molecular flexibility index (Phi) is 4.57. The first-order valence-electron chi connectivity index (χ1n) is 11.1. The molecule has 0 bridgehead atoms. The molecule has 0 aromatic heterocycles. The SMILES string of the molecule is COC(=O)C[C@H]1CC[C@H]2[C@@H]3CC=C4C(C)(C)[C@@H](O)CC[C@]4(C)[C@H]3CC[C@]12C. The van der Waals surface area contributed by atoms with Gasteiger partial charge in [0.2, 0.25) is 0 Å². The van der Waals surface area contributed by atoms with Gasteiger partial charge in [0, 0.05) is 11.8 Å². The van der Waals surface area contributed by atoms with Crippen LogP contribution in [0.2, 0.25) is 0 Å². The van der Waals surface area contributed by atoms with E-state index in [4.69, 9.17) is 4.74 Å². The van der Waals surface area contributed by atoms with Gasteiger partial charge in [-0.05, 0) is 79.4 Å². The van der Waals surface area contributed by atoms with Crippen LogP contribution in [0, 0.1) is 39.9 Å². The lowest BCUT2D eigenvalue weighted by atomic mass is 9.44. The topological polar surface area (TPSA) is 46.5 Å². The first-order valence-corrected chi connectivity index (χ1v) is 11.1. The molecule has 0 aromatic carbocycles. The van der Waals surface area contributed by atoms with Gasteiger partial charge in [-0.2, -0.15) is 0 Å². The van der Waals surface area contributed by atoms with Crippen LogP contribution in [-0.4, -0.2) is 24.3 Å². The summed E-state index contributed by atoms with van der Waals surface area (Å²) in [6.45, 7) is 9.45. The quantitative estimate of drug-likeness (QED) is 0.539. The van der Waals surface area contributed by atoms with Gasteiger partial charge < -0.3 is 9.84 Å². The van der Waals surface area contributed by atoms with Crippen molar-refractivity contribution in [3.8, 4) is 0 Å². The maximum atomic E-state index is 12.0. The molecule has 3 heteroatoms. The van der Waals surface area contributed by atoms with Gasteiger partial charge >= 0.3 is 5.97 Å². The van der Waals surface area contributed by atoms with Crippen LogP contribution in [0.5, 0.6) is 0 Å². The second kappa shape index (κ2) is 6.34. The molecule has 0 heterocycles. The number of fused-ring (bicyclic) bond motifs is 5. The van der Waals surface area contributed by atoms with Crippen LogP contribution >= 0.6 is 0 Å². The van der Waals surface area contributed by atoms with E-state index < -0.39 is 0 Å². The van der Waals surface area contributed by atoms with E-state index in [1.165, 1.54) is 38.4 Å². The third-order valence-corrected chi connectivity index (χ3v) is 9.77.